The van der Waals surface area contributed by atoms with Crippen LogP contribution in [0.2, 0.25) is 0 Å². The van der Waals surface area contributed by atoms with Crippen molar-refractivity contribution in [2.24, 2.45) is 22.7 Å². The molecule has 6 rings (SSSR count). The third-order valence-electron chi connectivity index (χ3n) is 11.0. The van der Waals surface area contributed by atoms with E-state index in [1.807, 2.05) is 13.0 Å². The van der Waals surface area contributed by atoms with Gasteiger partial charge in [0, 0.05) is 38.2 Å². The van der Waals surface area contributed by atoms with Crippen molar-refractivity contribution in [3.05, 3.63) is 52.6 Å². The molecule has 0 aromatic heterocycles. The van der Waals surface area contributed by atoms with Crippen molar-refractivity contribution in [3.8, 4) is 11.8 Å². The molecule has 1 aromatic rings. The Hall–Kier alpha value is -2.64. The predicted molar refractivity (Wildman–Crippen MR) is 156 cm³/mol. The van der Waals surface area contributed by atoms with E-state index in [0.29, 0.717) is 18.3 Å². The molecule has 4 heteroatoms. The van der Waals surface area contributed by atoms with E-state index < -0.39 is 5.41 Å². The Morgan fingerprint density at radius 1 is 1.08 bits per heavy atom. The number of piperidine rings is 1. The maximum absolute atomic E-state index is 13.8. The second kappa shape index (κ2) is 10.4. The molecule has 3 fully saturated rings. The van der Waals surface area contributed by atoms with Gasteiger partial charge in [0.25, 0.3) is 0 Å². The number of allylic oxidation sites excluding steroid dienone is 4. The number of hydrogen-bond donors (Lipinski definition) is 0. The van der Waals surface area contributed by atoms with Crippen LogP contribution in [-0.2, 0) is 14.3 Å². The molecule has 5 atom stereocenters. The molecule has 0 spiro atoms. The normalized spacial score (nSPS) is 33.9. The smallest absolute Gasteiger partial charge is 0.176 e. The van der Waals surface area contributed by atoms with Gasteiger partial charge in [-0.05, 0) is 117 Å². The van der Waals surface area contributed by atoms with Crippen molar-refractivity contribution >= 4 is 17.3 Å². The molecule has 39 heavy (non-hydrogen) atoms. The largest absolute Gasteiger partial charge is 0.377 e. The number of benzene rings is 1. The SMILES string of the molecule is CC#C[C@]1(C(=O)COC)CC[C@H]2[C@@H]3CCC4=CC(=O)CCC4=C3[C@@H](c3ccc(N4CCCCC4)cc3)C[C@@]21C. The Labute approximate surface area is 234 Å². The molecule has 5 aliphatic rings. The van der Waals surface area contributed by atoms with Crippen LogP contribution in [-0.4, -0.2) is 38.4 Å². The lowest BCUT2D eigenvalue weighted by atomic mass is 9.48. The lowest BCUT2D eigenvalue weighted by molar-refractivity contribution is -0.136. The average molecular weight is 526 g/mol. The van der Waals surface area contributed by atoms with Crippen molar-refractivity contribution in [2.75, 3.05) is 31.7 Å². The number of anilines is 1. The summed E-state index contributed by atoms with van der Waals surface area (Å²) in [4.78, 5) is 28.7. The van der Waals surface area contributed by atoms with E-state index in [0.717, 1.165) is 51.6 Å². The van der Waals surface area contributed by atoms with Gasteiger partial charge < -0.3 is 9.64 Å². The zero-order valence-corrected chi connectivity index (χ0v) is 24.0. The van der Waals surface area contributed by atoms with Gasteiger partial charge in [-0.2, -0.15) is 0 Å². The van der Waals surface area contributed by atoms with Crippen LogP contribution < -0.4 is 4.90 Å². The van der Waals surface area contributed by atoms with E-state index in [-0.39, 0.29) is 29.5 Å². The molecule has 0 bridgehead atoms. The number of carbonyl (C=O) groups is 2. The molecule has 0 amide bonds. The molecule has 1 saturated heterocycles. The molecule has 0 N–H and O–H groups in total. The van der Waals surface area contributed by atoms with Crippen LogP contribution in [0.15, 0.2) is 47.1 Å². The summed E-state index contributed by atoms with van der Waals surface area (Å²) in [5, 5.41) is 0. The van der Waals surface area contributed by atoms with Crippen LogP contribution in [0.4, 0.5) is 5.69 Å². The minimum Gasteiger partial charge on any atom is -0.377 e. The Morgan fingerprint density at radius 2 is 1.85 bits per heavy atom. The summed E-state index contributed by atoms with van der Waals surface area (Å²) in [6, 6.07) is 9.36. The van der Waals surface area contributed by atoms with Gasteiger partial charge in [0.15, 0.2) is 11.6 Å². The molecule has 1 heterocycles. The minimum absolute atomic E-state index is 0.125. The summed E-state index contributed by atoms with van der Waals surface area (Å²) in [5.41, 5.74) is 6.11. The summed E-state index contributed by atoms with van der Waals surface area (Å²) in [6.45, 7) is 6.65. The third-order valence-corrected chi connectivity index (χ3v) is 11.0. The van der Waals surface area contributed by atoms with Crippen LogP contribution in [0.1, 0.15) is 89.5 Å². The van der Waals surface area contributed by atoms with Crippen molar-refractivity contribution < 1.29 is 14.3 Å². The quantitative estimate of drug-likeness (QED) is 0.397. The van der Waals surface area contributed by atoms with E-state index in [1.54, 1.807) is 12.7 Å². The minimum atomic E-state index is -0.663. The molecule has 4 nitrogen and oxygen atoms in total. The zero-order chi connectivity index (χ0) is 27.2. The molecule has 0 radical (unpaired) electrons. The van der Waals surface area contributed by atoms with E-state index in [9.17, 15) is 9.59 Å². The number of ketones is 2. The number of rotatable bonds is 5. The number of methoxy groups -OCH3 is 1. The summed E-state index contributed by atoms with van der Waals surface area (Å²) in [7, 11) is 1.62. The summed E-state index contributed by atoms with van der Waals surface area (Å²) >= 11 is 0. The number of carbonyl (C=O) groups excluding carboxylic acids is 2. The second-order valence-electron chi connectivity index (χ2n) is 12.8. The monoisotopic (exact) mass is 525 g/mol. The maximum Gasteiger partial charge on any atom is 0.176 e. The van der Waals surface area contributed by atoms with Crippen molar-refractivity contribution in [1.82, 2.24) is 0 Å². The van der Waals surface area contributed by atoms with Crippen molar-refractivity contribution in [2.45, 2.75) is 84.0 Å². The number of fused-ring (bicyclic) bond motifs is 4. The lowest BCUT2D eigenvalue weighted by Gasteiger charge is -2.54. The van der Waals surface area contributed by atoms with Gasteiger partial charge in [-0.3, -0.25) is 9.59 Å². The van der Waals surface area contributed by atoms with Gasteiger partial charge in [0.05, 0.1) is 5.41 Å². The Morgan fingerprint density at radius 3 is 2.56 bits per heavy atom. The third kappa shape index (κ3) is 4.24. The number of Topliss-reactive ketones (excluding diaryl/α,β-unsaturated/α-hetero) is 1. The molecule has 2 saturated carbocycles. The summed E-state index contributed by atoms with van der Waals surface area (Å²) in [6.07, 6.45) is 12.1. The van der Waals surface area contributed by atoms with E-state index in [1.165, 1.54) is 41.7 Å². The van der Waals surface area contributed by atoms with Crippen LogP contribution >= 0.6 is 0 Å². The first kappa shape index (κ1) is 26.6. The average Bonchev–Trinajstić information content (AvgIpc) is 3.26. The van der Waals surface area contributed by atoms with Crippen LogP contribution in [0.5, 0.6) is 0 Å². The molecular weight excluding hydrogens is 482 g/mol. The van der Waals surface area contributed by atoms with E-state index >= 15 is 0 Å². The number of hydrogen-bond acceptors (Lipinski definition) is 4. The highest BCUT2D eigenvalue weighted by Crippen LogP contribution is 2.69. The topological polar surface area (TPSA) is 46.6 Å². The molecule has 1 aliphatic heterocycles. The summed E-state index contributed by atoms with van der Waals surface area (Å²) in [5.74, 6) is 8.21. The lowest BCUT2D eigenvalue weighted by Crippen LogP contribution is -2.51. The Kier molecular flexibility index (Phi) is 7.09. The second-order valence-corrected chi connectivity index (χ2v) is 12.8. The van der Waals surface area contributed by atoms with Crippen LogP contribution in [0.25, 0.3) is 0 Å². The molecule has 1 aromatic carbocycles. The first-order valence-corrected chi connectivity index (χ1v) is 15.2. The van der Waals surface area contributed by atoms with Crippen LogP contribution in [0.3, 0.4) is 0 Å². The standard InChI is InChI=1S/C35H43NO3/c1-4-17-35(32(38)23-39-3)18-16-31-29-14-10-25-21-27(37)13-15-28(25)33(29)30(22-34(31,35)2)24-8-11-26(12-9-24)36-19-6-5-7-20-36/h8-9,11-12,21,29-31H,5-7,10,13-16,18-20,22-23H2,1-3H3/t29-,30+,31-,34-,35+/m0/s1. The van der Waals surface area contributed by atoms with Crippen LogP contribution in [0, 0.1) is 34.5 Å². The number of ether oxygens (including phenoxy) is 1. The number of nitrogens with zero attached hydrogens (tertiary/aromatic N) is 1. The maximum atomic E-state index is 13.8. The molecule has 4 aliphatic carbocycles. The zero-order valence-electron chi connectivity index (χ0n) is 24.0. The Balaban J connectivity index is 1.46. The van der Waals surface area contributed by atoms with Crippen molar-refractivity contribution in [1.29, 1.82) is 0 Å². The van der Waals surface area contributed by atoms with Gasteiger partial charge in [-0.15, -0.1) is 5.92 Å². The van der Waals surface area contributed by atoms with Gasteiger partial charge >= 0.3 is 0 Å². The summed E-state index contributed by atoms with van der Waals surface area (Å²) < 4.78 is 5.41. The van der Waals surface area contributed by atoms with E-state index in [2.05, 4.69) is 47.9 Å². The molecular formula is C35H43NO3. The van der Waals surface area contributed by atoms with E-state index in [4.69, 9.17) is 4.74 Å². The fourth-order valence-electron chi connectivity index (χ4n) is 9.26. The van der Waals surface area contributed by atoms with Crippen molar-refractivity contribution in [3.63, 3.8) is 0 Å². The first-order valence-electron chi connectivity index (χ1n) is 15.2. The first-order chi connectivity index (χ1) is 18.9. The highest BCUT2D eigenvalue weighted by Gasteiger charge is 2.65. The molecule has 206 valence electrons. The highest BCUT2D eigenvalue weighted by molar-refractivity contribution is 5.93. The Bertz CT molecular complexity index is 1270. The predicted octanol–water partition coefficient (Wildman–Crippen LogP) is 6.80. The molecule has 0 unspecified atom stereocenters. The van der Waals surface area contributed by atoms with Gasteiger partial charge in [-0.25, -0.2) is 0 Å². The fraction of sp³-hybridized carbons (Fsp3) is 0.600. The highest BCUT2D eigenvalue weighted by atomic mass is 16.5. The van der Waals surface area contributed by atoms with Gasteiger partial charge in [-0.1, -0.05) is 30.6 Å². The van der Waals surface area contributed by atoms with Gasteiger partial charge in [0.1, 0.15) is 6.61 Å². The fourth-order valence-corrected chi connectivity index (χ4v) is 9.26. The van der Waals surface area contributed by atoms with Gasteiger partial charge in [0.2, 0.25) is 0 Å².